The highest BCUT2D eigenvalue weighted by molar-refractivity contribution is 5.93. The lowest BCUT2D eigenvalue weighted by Crippen LogP contribution is -2.58. The molecule has 5 atom stereocenters. The summed E-state index contributed by atoms with van der Waals surface area (Å²) in [6, 6.07) is 10.2. The largest absolute Gasteiger partial charge is 0.497 e. The normalized spacial score (nSPS) is 26.2. The van der Waals surface area contributed by atoms with E-state index >= 15 is 0 Å². The summed E-state index contributed by atoms with van der Waals surface area (Å²) in [6.07, 6.45) is 5.94. The topological polar surface area (TPSA) is 106 Å². The number of nitrogens with zero attached hydrogens (tertiary/aromatic N) is 1. The van der Waals surface area contributed by atoms with Crippen LogP contribution in [0, 0.1) is 11.3 Å². The van der Waals surface area contributed by atoms with Crippen molar-refractivity contribution in [3.8, 4) is 5.75 Å². The maximum atomic E-state index is 14.4. The summed E-state index contributed by atoms with van der Waals surface area (Å²) in [4.78, 5) is 42.8. The summed E-state index contributed by atoms with van der Waals surface area (Å²) in [7, 11) is 3.26. The van der Waals surface area contributed by atoms with E-state index in [1.807, 2.05) is 63.2 Å². The molecule has 5 rings (SSSR count). The number of carbonyl (C=O) groups excluding carboxylic acids is 3. The summed E-state index contributed by atoms with van der Waals surface area (Å²) in [5.41, 5.74) is -0.700. The minimum Gasteiger partial charge on any atom is -0.497 e. The van der Waals surface area contributed by atoms with Crippen LogP contribution < -0.4 is 15.4 Å². The smallest absolute Gasteiger partial charge is 0.408 e. The molecule has 2 aliphatic carbocycles. The van der Waals surface area contributed by atoms with Crippen LogP contribution in [-0.4, -0.2) is 67.8 Å². The maximum absolute atomic E-state index is 14.4. The van der Waals surface area contributed by atoms with Crippen molar-refractivity contribution in [1.29, 1.82) is 0 Å². The predicted molar refractivity (Wildman–Crippen MR) is 165 cm³/mol. The quantitative estimate of drug-likeness (QED) is 0.395. The summed E-state index contributed by atoms with van der Waals surface area (Å²) in [6.45, 7) is 9.71. The molecule has 2 aromatic carbocycles. The molecule has 9 heteroatoms. The van der Waals surface area contributed by atoms with E-state index in [9.17, 15) is 14.4 Å². The van der Waals surface area contributed by atoms with Crippen LogP contribution in [0.3, 0.4) is 0 Å². The standard InChI is InChI=1S/C34H45N3O6/c1-7-21-18-27(21)35-30(38)28-19-34(42-6,24-14-12-23-17-26(41-5)15-13-22(23)16-24)20-37(28)31(39)29(33(2,3)4)36-32(40)43-25-10-8-9-11-25/h7,12-17,21,25,27-29H,1,8-11,18-20H2,2-6H3,(H,35,38)(H,36,40)/t21-,27+,28-,29+,34-/m0/s1. The zero-order valence-corrected chi connectivity index (χ0v) is 26.0. The predicted octanol–water partition coefficient (Wildman–Crippen LogP) is 5.07. The van der Waals surface area contributed by atoms with Crippen LogP contribution in [0.5, 0.6) is 5.75 Å². The number of hydrogen-bond acceptors (Lipinski definition) is 6. The second-order valence-corrected chi connectivity index (χ2v) is 13.3. The molecule has 0 unspecified atom stereocenters. The third kappa shape index (κ3) is 6.51. The number of alkyl carbamates (subject to hydrolysis) is 1. The van der Waals surface area contributed by atoms with E-state index in [-0.39, 0.29) is 42.8 Å². The summed E-state index contributed by atoms with van der Waals surface area (Å²) < 4.78 is 17.2. The molecule has 1 heterocycles. The van der Waals surface area contributed by atoms with E-state index in [4.69, 9.17) is 14.2 Å². The molecule has 2 aromatic rings. The Morgan fingerprint density at radius 3 is 2.40 bits per heavy atom. The number of hydrogen-bond donors (Lipinski definition) is 2. The Hall–Kier alpha value is -3.59. The van der Waals surface area contributed by atoms with E-state index in [1.54, 1.807) is 19.1 Å². The molecule has 3 fully saturated rings. The van der Waals surface area contributed by atoms with E-state index < -0.39 is 29.2 Å². The molecule has 0 bridgehead atoms. The molecule has 3 aliphatic rings. The first-order valence-electron chi connectivity index (χ1n) is 15.3. The van der Waals surface area contributed by atoms with Gasteiger partial charge >= 0.3 is 6.09 Å². The number of ether oxygens (including phenoxy) is 3. The van der Waals surface area contributed by atoms with Gasteiger partial charge in [0, 0.05) is 19.6 Å². The van der Waals surface area contributed by atoms with Gasteiger partial charge < -0.3 is 29.7 Å². The highest BCUT2D eigenvalue weighted by Gasteiger charge is 2.53. The van der Waals surface area contributed by atoms with Crippen molar-refractivity contribution in [2.24, 2.45) is 11.3 Å². The first kappa shape index (κ1) is 30.9. The zero-order valence-electron chi connectivity index (χ0n) is 26.0. The van der Waals surface area contributed by atoms with Crippen molar-refractivity contribution in [3.63, 3.8) is 0 Å². The van der Waals surface area contributed by atoms with E-state index in [0.717, 1.165) is 54.2 Å². The fourth-order valence-corrected chi connectivity index (χ4v) is 6.49. The Morgan fingerprint density at radius 1 is 1.07 bits per heavy atom. The summed E-state index contributed by atoms with van der Waals surface area (Å²) in [5, 5.41) is 7.99. The molecule has 9 nitrogen and oxygen atoms in total. The number of fused-ring (bicyclic) bond motifs is 1. The Bertz CT molecular complexity index is 1380. The van der Waals surface area contributed by atoms with Gasteiger partial charge in [0.25, 0.3) is 0 Å². The minimum absolute atomic E-state index is 0.00748. The number of amides is 3. The highest BCUT2D eigenvalue weighted by atomic mass is 16.6. The van der Waals surface area contributed by atoms with Gasteiger partial charge in [-0.1, -0.05) is 45.0 Å². The number of benzene rings is 2. The molecular weight excluding hydrogens is 546 g/mol. The summed E-state index contributed by atoms with van der Waals surface area (Å²) in [5.74, 6) is 0.430. The lowest BCUT2D eigenvalue weighted by atomic mass is 9.85. The van der Waals surface area contributed by atoms with Gasteiger partial charge in [-0.15, -0.1) is 6.58 Å². The van der Waals surface area contributed by atoms with E-state index in [0.29, 0.717) is 0 Å². The molecular formula is C34H45N3O6. The number of nitrogens with one attached hydrogen (secondary N) is 2. The molecule has 3 amide bonds. The number of rotatable bonds is 9. The summed E-state index contributed by atoms with van der Waals surface area (Å²) >= 11 is 0. The van der Waals surface area contributed by atoms with Crippen LogP contribution in [0.15, 0.2) is 49.1 Å². The third-order valence-corrected chi connectivity index (χ3v) is 9.30. The van der Waals surface area contributed by atoms with Crippen molar-refractivity contribution in [1.82, 2.24) is 15.5 Å². The van der Waals surface area contributed by atoms with Crippen molar-refractivity contribution in [2.45, 2.75) is 89.1 Å². The van der Waals surface area contributed by atoms with Crippen LogP contribution in [0.25, 0.3) is 10.8 Å². The van der Waals surface area contributed by atoms with Gasteiger partial charge in [-0.3, -0.25) is 9.59 Å². The van der Waals surface area contributed by atoms with Gasteiger partial charge in [-0.2, -0.15) is 0 Å². The average Bonchev–Trinajstić information content (AvgIpc) is 3.34. The molecule has 1 saturated heterocycles. The fourth-order valence-electron chi connectivity index (χ4n) is 6.49. The Kier molecular flexibility index (Phi) is 8.75. The lowest BCUT2D eigenvalue weighted by molar-refractivity contribution is -0.142. The maximum Gasteiger partial charge on any atom is 0.408 e. The van der Waals surface area contributed by atoms with Gasteiger partial charge in [0.2, 0.25) is 11.8 Å². The van der Waals surface area contributed by atoms with Crippen molar-refractivity contribution < 1.29 is 28.6 Å². The Balaban J connectivity index is 1.46. The minimum atomic E-state index is -0.931. The van der Waals surface area contributed by atoms with E-state index in [2.05, 4.69) is 17.2 Å². The van der Waals surface area contributed by atoms with E-state index in [1.165, 1.54) is 0 Å². The van der Waals surface area contributed by atoms with Gasteiger partial charge in [0.15, 0.2) is 0 Å². The first-order valence-corrected chi connectivity index (χ1v) is 15.3. The van der Waals surface area contributed by atoms with Gasteiger partial charge in [-0.25, -0.2) is 4.79 Å². The molecule has 0 spiro atoms. The SMILES string of the molecule is C=C[C@H]1C[C@H]1NC(=O)[C@@H]1C[C@@](OC)(c2ccc3cc(OC)ccc3c2)CN1C(=O)[C@@H](NC(=O)OC1CCCC1)C(C)(C)C. The molecule has 0 aromatic heterocycles. The van der Waals surface area contributed by atoms with Gasteiger partial charge in [-0.05, 0) is 78.0 Å². The number of likely N-dealkylation sites (tertiary alicyclic amines) is 1. The molecule has 2 saturated carbocycles. The Labute approximate surface area is 254 Å². The van der Waals surface area contributed by atoms with Crippen LogP contribution >= 0.6 is 0 Å². The van der Waals surface area contributed by atoms with Crippen LogP contribution in [0.1, 0.15) is 64.9 Å². The average molecular weight is 592 g/mol. The zero-order chi connectivity index (χ0) is 30.9. The van der Waals surface area contributed by atoms with Crippen molar-refractivity contribution in [3.05, 3.63) is 54.6 Å². The molecule has 43 heavy (non-hydrogen) atoms. The monoisotopic (exact) mass is 591 g/mol. The first-order chi connectivity index (χ1) is 20.5. The van der Waals surface area contributed by atoms with Gasteiger partial charge in [0.1, 0.15) is 29.5 Å². The third-order valence-electron chi connectivity index (χ3n) is 9.30. The second-order valence-electron chi connectivity index (χ2n) is 13.3. The van der Waals surface area contributed by atoms with Gasteiger partial charge in [0.05, 0.1) is 13.7 Å². The lowest BCUT2D eigenvalue weighted by Gasteiger charge is -2.35. The second kappa shape index (κ2) is 12.2. The number of methoxy groups -OCH3 is 2. The Morgan fingerprint density at radius 2 is 1.77 bits per heavy atom. The highest BCUT2D eigenvalue weighted by Crippen LogP contribution is 2.42. The van der Waals surface area contributed by atoms with Crippen molar-refractivity contribution >= 4 is 28.7 Å². The van der Waals surface area contributed by atoms with Crippen LogP contribution in [-0.2, 0) is 24.7 Å². The fraction of sp³-hybridized carbons (Fsp3) is 0.559. The molecule has 232 valence electrons. The number of carbonyl (C=O) groups is 3. The molecule has 2 N–H and O–H groups in total. The van der Waals surface area contributed by atoms with Crippen LogP contribution in [0.2, 0.25) is 0 Å². The molecule has 0 radical (unpaired) electrons. The van der Waals surface area contributed by atoms with Crippen molar-refractivity contribution in [2.75, 3.05) is 20.8 Å². The van der Waals surface area contributed by atoms with Crippen LogP contribution in [0.4, 0.5) is 4.79 Å². The molecule has 1 aliphatic heterocycles.